The Morgan fingerprint density at radius 2 is 1.81 bits per heavy atom. The molecule has 0 saturated heterocycles. The molecule has 1 aromatic carbocycles. The summed E-state index contributed by atoms with van der Waals surface area (Å²) in [6.07, 6.45) is -4.08. The molecule has 0 spiro atoms. The number of halogens is 3. The number of ether oxygens (including phenoxy) is 1. The summed E-state index contributed by atoms with van der Waals surface area (Å²) in [4.78, 5) is 0. The van der Waals surface area contributed by atoms with E-state index >= 15 is 0 Å². The predicted octanol–water partition coefficient (Wildman–Crippen LogP) is 2.84. The molecule has 1 atom stereocenters. The molecule has 3 nitrogen and oxygen atoms in total. The van der Waals surface area contributed by atoms with Crippen molar-refractivity contribution in [3.05, 3.63) is 35.9 Å². The molecule has 1 rings (SSSR count). The Bertz CT molecular complexity index is 409. The summed E-state index contributed by atoms with van der Waals surface area (Å²) in [5.41, 5.74) is 0.0258. The Labute approximate surface area is 123 Å². The van der Waals surface area contributed by atoms with E-state index in [1.807, 2.05) is 44.2 Å². The normalized spacial score (nSPS) is 15.2. The van der Waals surface area contributed by atoms with Gasteiger partial charge in [-0.05, 0) is 25.8 Å². The summed E-state index contributed by atoms with van der Waals surface area (Å²) in [6.45, 7) is 2.26. The van der Waals surface area contributed by atoms with Gasteiger partial charge >= 0.3 is 6.18 Å². The van der Waals surface area contributed by atoms with E-state index in [0.29, 0.717) is 0 Å². The third kappa shape index (κ3) is 6.03. The van der Waals surface area contributed by atoms with Crippen molar-refractivity contribution in [1.29, 1.82) is 0 Å². The van der Waals surface area contributed by atoms with E-state index in [9.17, 15) is 18.3 Å². The molecule has 120 valence electrons. The third-order valence-electron chi connectivity index (χ3n) is 3.10. The number of aliphatic hydroxyl groups excluding tert-OH is 1. The van der Waals surface area contributed by atoms with Gasteiger partial charge in [0.1, 0.15) is 6.61 Å². The number of aliphatic hydroxyl groups is 1. The molecule has 0 aromatic heterocycles. The van der Waals surface area contributed by atoms with E-state index in [2.05, 4.69) is 10.1 Å². The standard InChI is InChI=1S/C15H22F3NO2/c1-12(2)19-14(10-20,13-6-4-3-5-7-13)8-9-21-11-15(16,17)18/h3-7,12,19-20H,8-11H2,1-2H3. The first-order valence-electron chi connectivity index (χ1n) is 6.88. The second-order valence-electron chi connectivity index (χ2n) is 5.32. The molecule has 2 N–H and O–H groups in total. The van der Waals surface area contributed by atoms with E-state index in [1.54, 1.807) is 0 Å². The van der Waals surface area contributed by atoms with Crippen LogP contribution in [0.5, 0.6) is 0 Å². The van der Waals surface area contributed by atoms with Crippen LogP contribution < -0.4 is 5.32 Å². The van der Waals surface area contributed by atoms with Crippen molar-refractivity contribution >= 4 is 0 Å². The van der Waals surface area contributed by atoms with Gasteiger partial charge < -0.3 is 15.2 Å². The zero-order valence-electron chi connectivity index (χ0n) is 12.3. The maximum atomic E-state index is 12.1. The first-order valence-corrected chi connectivity index (χ1v) is 6.88. The van der Waals surface area contributed by atoms with Crippen LogP contribution in [0.4, 0.5) is 13.2 Å². The molecule has 1 unspecified atom stereocenters. The second-order valence-corrected chi connectivity index (χ2v) is 5.32. The van der Waals surface area contributed by atoms with Gasteiger partial charge in [0.2, 0.25) is 0 Å². The lowest BCUT2D eigenvalue weighted by Crippen LogP contribution is -2.49. The van der Waals surface area contributed by atoms with Crippen LogP contribution in [0, 0.1) is 0 Å². The molecular weight excluding hydrogens is 283 g/mol. The van der Waals surface area contributed by atoms with Crippen LogP contribution in [-0.4, -0.2) is 37.1 Å². The van der Waals surface area contributed by atoms with Crippen LogP contribution in [0.1, 0.15) is 25.8 Å². The van der Waals surface area contributed by atoms with Crippen LogP contribution >= 0.6 is 0 Å². The van der Waals surface area contributed by atoms with Crippen molar-refractivity contribution in [1.82, 2.24) is 5.32 Å². The van der Waals surface area contributed by atoms with Gasteiger partial charge in [0, 0.05) is 12.6 Å². The molecule has 0 aliphatic carbocycles. The van der Waals surface area contributed by atoms with Crippen LogP contribution in [0.3, 0.4) is 0 Å². The summed E-state index contributed by atoms with van der Waals surface area (Å²) >= 11 is 0. The van der Waals surface area contributed by atoms with Gasteiger partial charge in [-0.1, -0.05) is 30.3 Å². The Morgan fingerprint density at radius 3 is 2.29 bits per heavy atom. The van der Waals surface area contributed by atoms with Gasteiger partial charge in [-0.2, -0.15) is 13.2 Å². The van der Waals surface area contributed by atoms with Crippen LogP contribution in [0.2, 0.25) is 0 Å². The average Bonchev–Trinajstić information content (AvgIpc) is 2.42. The van der Waals surface area contributed by atoms with E-state index in [1.165, 1.54) is 0 Å². The summed E-state index contributed by atoms with van der Waals surface area (Å²) in [6, 6.07) is 9.27. The molecule has 0 fully saturated rings. The number of rotatable bonds is 8. The number of nitrogens with one attached hydrogen (secondary N) is 1. The fourth-order valence-electron chi connectivity index (χ4n) is 2.26. The van der Waals surface area contributed by atoms with Gasteiger partial charge in [-0.15, -0.1) is 0 Å². The smallest absolute Gasteiger partial charge is 0.394 e. The highest BCUT2D eigenvalue weighted by atomic mass is 19.4. The number of benzene rings is 1. The van der Waals surface area contributed by atoms with Gasteiger partial charge in [0.25, 0.3) is 0 Å². The summed E-state index contributed by atoms with van der Waals surface area (Å²) in [5.74, 6) is 0. The van der Waals surface area contributed by atoms with Crippen LogP contribution in [-0.2, 0) is 10.3 Å². The lowest BCUT2D eigenvalue weighted by atomic mass is 9.87. The number of hydrogen-bond donors (Lipinski definition) is 2. The second kappa shape index (κ2) is 7.77. The predicted molar refractivity (Wildman–Crippen MR) is 75.0 cm³/mol. The molecule has 1 aromatic rings. The number of hydrogen-bond acceptors (Lipinski definition) is 3. The Kier molecular flexibility index (Phi) is 6.64. The largest absolute Gasteiger partial charge is 0.411 e. The summed E-state index contributed by atoms with van der Waals surface area (Å²) < 4.78 is 41.0. The molecule has 0 heterocycles. The van der Waals surface area contributed by atoms with Crippen molar-refractivity contribution in [2.75, 3.05) is 19.8 Å². The van der Waals surface area contributed by atoms with Crippen molar-refractivity contribution < 1.29 is 23.0 Å². The molecule has 0 amide bonds. The zero-order chi connectivity index (χ0) is 15.9. The summed E-state index contributed by atoms with van der Waals surface area (Å²) in [5, 5.41) is 13.0. The first kappa shape index (κ1) is 17.9. The van der Waals surface area contributed by atoms with Gasteiger partial charge in [-0.25, -0.2) is 0 Å². The Morgan fingerprint density at radius 1 is 1.19 bits per heavy atom. The molecule has 21 heavy (non-hydrogen) atoms. The molecule has 0 bridgehead atoms. The lowest BCUT2D eigenvalue weighted by molar-refractivity contribution is -0.175. The zero-order valence-corrected chi connectivity index (χ0v) is 12.3. The van der Waals surface area contributed by atoms with E-state index in [4.69, 9.17) is 0 Å². The molecular formula is C15H22F3NO2. The molecule has 0 radical (unpaired) electrons. The van der Waals surface area contributed by atoms with Crippen molar-refractivity contribution in [2.45, 2.75) is 38.0 Å². The minimum Gasteiger partial charge on any atom is -0.394 e. The van der Waals surface area contributed by atoms with E-state index in [-0.39, 0.29) is 25.7 Å². The molecule has 0 aliphatic heterocycles. The Balaban J connectivity index is 2.77. The molecule has 0 saturated carbocycles. The quantitative estimate of drug-likeness (QED) is 0.726. The highest BCUT2D eigenvalue weighted by Crippen LogP contribution is 2.26. The Hall–Kier alpha value is -1.11. The topological polar surface area (TPSA) is 41.5 Å². The average molecular weight is 305 g/mol. The van der Waals surface area contributed by atoms with Crippen molar-refractivity contribution in [3.8, 4) is 0 Å². The molecule has 0 aliphatic rings. The third-order valence-corrected chi connectivity index (χ3v) is 3.10. The van der Waals surface area contributed by atoms with Crippen molar-refractivity contribution in [3.63, 3.8) is 0 Å². The minimum absolute atomic E-state index is 0.0694. The van der Waals surface area contributed by atoms with Gasteiger partial charge in [0.05, 0.1) is 12.1 Å². The SMILES string of the molecule is CC(C)NC(CO)(CCOCC(F)(F)F)c1ccccc1. The van der Waals surface area contributed by atoms with E-state index < -0.39 is 18.3 Å². The van der Waals surface area contributed by atoms with Crippen LogP contribution in [0.15, 0.2) is 30.3 Å². The number of alkyl halides is 3. The van der Waals surface area contributed by atoms with Gasteiger partial charge in [-0.3, -0.25) is 0 Å². The molecule has 6 heteroatoms. The monoisotopic (exact) mass is 305 g/mol. The van der Waals surface area contributed by atoms with Gasteiger partial charge in [0.15, 0.2) is 0 Å². The fourth-order valence-corrected chi connectivity index (χ4v) is 2.26. The maximum absolute atomic E-state index is 12.1. The maximum Gasteiger partial charge on any atom is 0.411 e. The van der Waals surface area contributed by atoms with Crippen molar-refractivity contribution in [2.24, 2.45) is 0 Å². The highest BCUT2D eigenvalue weighted by Gasteiger charge is 2.33. The summed E-state index contributed by atoms with van der Waals surface area (Å²) in [7, 11) is 0. The fraction of sp³-hybridized carbons (Fsp3) is 0.600. The highest BCUT2D eigenvalue weighted by molar-refractivity contribution is 5.25. The lowest BCUT2D eigenvalue weighted by Gasteiger charge is -2.35. The van der Waals surface area contributed by atoms with E-state index in [0.717, 1.165) is 5.56 Å². The van der Waals surface area contributed by atoms with Crippen LogP contribution in [0.25, 0.3) is 0 Å². The minimum atomic E-state index is -4.33. The first-order chi connectivity index (χ1) is 9.79.